The summed E-state index contributed by atoms with van der Waals surface area (Å²) in [5.74, 6) is -0.741. The molecule has 28 heavy (non-hydrogen) atoms. The Balaban J connectivity index is 2.00. The predicted octanol–water partition coefficient (Wildman–Crippen LogP) is 4.42. The number of nitrogens with zero attached hydrogens (tertiary/aromatic N) is 2. The van der Waals surface area contributed by atoms with Gasteiger partial charge in [0.2, 0.25) is 0 Å². The molecular formula is C21H25ClN2O4. The average molecular weight is 405 g/mol. The van der Waals surface area contributed by atoms with Crippen molar-refractivity contribution in [2.45, 2.75) is 52.0 Å². The number of ether oxygens (including phenoxy) is 1. The number of aromatic hydroxyl groups is 1. The van der Waals surface area contributed by atoms with E-state index >= 15 is 0 Å². The number of hydrogen-bond donors (Lipinski definition) is 1. The zero-order chi connectivity index (χ0) is 20.1. The van der Waals surface area contributed by atoms with Gasteiger partial charge in [-0.25, -0.2) is 9.48 Å². The van der Waals surface area contributed by atoms with Crippen molar-refractivity contribution in [2.24, 2.45) is 5.92 Å². The van der Waals surface area contributed by atoms with E-state index in [1.165, 1.54) is 23.9 Å². The Morgan fingerprint density at radius 2 is 1.93 bits per heavy atom. The Bertz CT molecular complexity index is 887. The number of esters is 1. The van der Waals surface area contributed by atoms with Crippen molar-refractivity contribution in [3.63, 3.8) is 0 Å². The number of halogens is 1. The van der Waals surface area contributed by atoms with Crippen LogP contribution in [-0.4, -0.2) is 27.5 Å². The highest BCUT2D eigenvalue weighted by Gasteiger charge is 2.25. The van der Waals surface area contributed by atoms with Crippen molar-refractivity contribution >= 4 is 17.6 Å². The van der Waals surface area contributed by atoms with Gasteiger partial charge >= 0.3 is 5.97 Å². The number of aromatic nitrogens is 2. The quantitative estimate of drug-likeness (QED) is 0.721. The van der Waals surface area contributed by atoms with Crippen molar-refractivity contribution in [3.8, 4) is 17.0 Å². The van der Waals surface area contributed by atoms with Gasteiger partial charge in [0.25, 0.3) is 5.56 Å². The number of benzene rings is 1. The lowest BCUT2D eigenvalue weighted by molar-refractivity contribution is 0.0519. The predicted molar refractivity (Wildman–Crippen MR) is 108 cm³/mol. The third kappa shape index (κ3) is 4.55. The first-order valence-corrected chi connectivity index (χ1v) is 10.2. The molecule has 0 saturated heterocycles. The molecule has 7 heteroatoms. The monoisotopic (exact) mass is 404 g/mol. The molecule has 1 saturated carbocycles. The normalized spacial score (nSPS) is 14.8. The molecule has 1 aromatic carbocycles. The molecule has 1 aliphatic rings. The molecule has 1 N–H and O–H groups in total. The van der Waals surface area contributed by atoms with Crippen LogP contribution < -0.4 is 5.56 Å². The molecule has 0 unspecified atom stereocenters. The van der Waals surface area contributed by atoms with E-state index in [0.29, 0.717) is 23.0 Å². The molecule has 0 aliphatic heterocycles. The molecular weight excluding hydrogens is 380 g/mol. The Morgan fingerprint density at radius 1 is 1.25 bits per heavy atom. The van der Waals surface area contributed by atoms with E-state index in [1.807, 2.05) is 0 Å². The van der Waals surface area contributed by atoms with Gasteiger partial charge < -0.3 is 9.84 Å². The molecule has 0 spiro atoms. The zero-order valence-electron chi connectivity index (χ0n) is 16.0. The molecule has 0 atom stereocenters. The van der Waals surface area contributed by atoms with Crippen LogP contribution >= 0.6 is 11.6 Å². The molecule has 1 aliphatic carbocycles. The SMILES string of the molecule is CCOC(=O)c1c(O)c(-c2ccc(Cl)cc2)nn(CCC2CCCCC2)c1=O. The Labute approximate surface area is 169 Å². The minimum Gasteiger partial charge on any atom is -0.505 e. The summed E-state index contributed by atoms with van der Waals surface area (Å²) in [5, 5.41) is 15.5. The molecule has 1 fully saturated rings. The van der Waals surface area contributed by atoms with Gasteiger partial charge in [0, 0.05) is 17.1 Å². The van der Waals surface area contributed by atoms with Gasteiger partial charge in [-0.3, -0.25) is 4.79 Å². The summed E-state index contributed by atoms with van der Waals surface area (Å²) in [5.41, 5.74) is -0.253. The Morgan fingerprint density at radius 3 is 2.57 bits per heavy atom. The first-order valence-electron chi connectivity index (χ1n) is 9.78. The second kappa shape index (κ2) is 9.24. The summed E-state index contributed by atoms with van der Waals surface area (Å²) in [6, 6.07) is 6.71. The highest BCUT2D eigenvalue weighted by Crippen LogP contribution is 2.30. The smallest absolute Gasteiger partial charge is 0.347 e. The van der Waals surface area contributed by atoms with Crippen LogP contribution in [-0.2, 0) is 11.3 Å². The Kier molecular flexibility index (Phi) is 6.73. The molecule has 1 aromatic heterocycles. The molecule has 0 bridgehead atoms. The summed E-state index contributed by atoms with van der Waals surface area (Å²) in [7, 11) is 0. The summed E-state index contributed by atoms with van der Waals surface area (Å²) < 4.78 is 6.27. The lowest BCUT2D eigenvalue weighted by Crippen LogP contribution is -2.31. The van der Waals surface area contributed by atoms with Crippen molar-refractivity contribution in [1.29, 1.82) is 0 Å². The topological polar surface area (TPSA) is 81.4 Å². The summed E-state index contributed by atoms with van der Waals surface area (Å²) in [6.07, 6.45) is 6.82. The van der Waals surface area contributed by atoms with Gasteiger partial charge in [-0.2, -0.15) is 5.10 Å². The number of rotatable bonds is 6. The highest BCUT2D eigenvalue weighted by atomic mass is 35.5. The average Bonchev–Trinajstić information content (AvgIpc) is 2.69. The molecule has 150 valence electrons. The van der Waals surface area contributed by atoms with Gasteiger partial charge in [-0.1, -0.05) is 55.8 Å². The lowest BCUT2D eigenvalue weighted by Gasteiger charge is -2.21. The molecule has 0 amide bonds. The van der Waals surface area contributed by atoms with Crippen LogP contribution in [0.15, 0.2) is 29.1 Å². The highest BCUT2D eigenvalue weighted by molar-refractivity contribution is 6.30. The van der Waals surface area contributed by atoms with Gasteiger partial charge in [-0.05, 0) is 31.4 Å². The van der Waals surface area contributed by atoms with Crippen LogP contribution in [0.5, 0.6) is 5.75 Å². The van der Waals surface area contributed by atoms with E-state index in [1.54, 1.807) is 31.2 Å². The second-order valence-electron chi connectivity index (χ2n) is 7.12. The van der Waals surface area contributed by atoms with Gasteiger partial charge in [-0.15, -0.1) is 0 Å². The largest absolute Gasteiger partial charge is 0.505 e. The van der Waals surface area contributed by atoms with Crippen molar-refractivity contribution in [3.05, 3.63) is 45.2 Å². The molecule has 6 nitrogen and oxygen atoms in total. The maximum atomic E-state index is 12.8. The number of hydrogen-bond acceptors (Lipinski definition) is 5. The summed E-state index contributed by atoms with van der Waals surface area (Å²) in [4.78, 5) is 25.2. The zero-order valence-corrected chi connectivity index (χ0v) is 16.7. The van der Waals surface area contributed by atoms with E-state index in [2.05, 4.69) is 5.10 Å². The summed E-state index contributed by atoms with van der Waals surface area (Å²) >= 11 is 5.94. The fraction of sp³-hybridized carbons (Fsp3) is 0.476. The van der Waals surface area contributed by atoms with Crippen LogP contribution in [0.25, 0.3) is 11.3 Å². The number of aryl methyl sites for hydroxylation is 1. The van der Waals surface area contributed by atoms with Crippen molar-refractivity contribution < 1.29 is 14.6 Å². The maximum absolute atomic E-state index is 12.8. The van der Waals surface area contributed by atoms with E-state index in [0.717, 1.165) is 19.3 Å². The maximum Gasteiger partial charge on any atom is 0.347 e. The first kappa shape index (κ1) is 20.4. The fourth-order valence-electron chi connectivity index (χ4n) is 3.68. The third-order valence-corrected chi connectivity index (χ3v) is 5.45. The molecule has 3 rings (SSSR count). The number of carbonyl (C=O) groups excluding carboxylic acids is 1. The number of carbonyl (C=O) groups is 1. The van der Waals surface area contributed by atoms with E-state index in [-0.39, 0.29) is 17.9 Å². The lowest BCUT2D eigenvalue weighted by atomic mass is 9.87. The Hall–Kier alpha value is -2.34. The van der Waals surface area contributed by atoms with Gasteiger partial charge in [0.05, 0.1) is 6.61 Å². The molecule has 2 aromatic rings. The van der Waals surface area contributed by atoms with Crippen LogP contribution in [0.4, 0.5) is 0 Å². The van der Waals surface area contributed by atoms with Crippen LogP contribution in [0.1, 0.15) is 55.8 Å². The third-order valence-electron chi connectivity index (χ3n) is 5.20. The second-order valence-corrected chi connectivity index (χ2v) is 7.56. The van der Waals surface area contributed by atoms with E-state index in [4.69, 9.17) is 16.3 Å². The van der Waals surface area contributed by atoms with E-state index < -0.39 is 17.3 Å². The van der Waals surface area contributed by atoms with Crippen LogP contribution in [0.3, 0.4) is 0 Å². The van der Waals surface area contributed by atoms with Gasteiger partial charge in [0.1, 0.15) is 5.69 Å². The van der Waals surface area contributed by atoms with E-state index in [9.17, 15) is 14.7 Å². The van der Waals surface area contributed by atoms with Crippen LogP contribution in [0, 0.1) is 5.92 Å². The molecule has 0 radical (unpaired) electrons. The fourth-order valence-corrected chi connectivity index (χ4v) is 3.81. The van der Waals surface area contributed by atoms with Crippen LogP contribution in [0.2, 0.25) is 5.02 Å². The minimum atomic E-state index is -0.839. The molecule has 1 heterocycles. The van der Waals surface area contributed by atoms with Crippen molar-refractivity contribution in [1.82, 2.24) is 9.78 Å². The van der Waals surface area contributed by atoms with Gasteiger partial charge in [0.15, 0.2) is 11.3 Å². The standard InChI is InChI=1S/C21H25ClN2O4/c1-2-28-21(27)17-19(25)18(15-8-10-16(22)11-9-15)23-24(20(17)26)13-12-14-6-4-3-5-7-14/h8-11,14,25H,2-7,12-13H2,1H3. The summed E-state index contributed by atoms with van der Waals surface area (Å²) in [6.45, 7) is 2.16. The first-order chi connectivity index (χ1) is 13.5. The minimum absolute atomic E-state index is 0.110. The van der Waals surface area contributed by atoms with Crippen molar-refractivity contribution in [2.75, 3.05) is 6.61 Å².